The van der Waals surface area contributed by atoms with Gasteiger partial charge in [-0.3, -0.25) is 4.79 Å². The Bertz CT molecular complexity index is 886. The van der Waals surface area contributed by atoms with Gasteiger partial charge in [-0.1, -0.05) is 16.8 Å². The number of aromatic nitrogens is 1. The lowest BCUT2D eigenvalue weighted by molar-refractivity contribution is -0.124. The number of carbonyl (C=O) groups excluding carboxylic acids is 1. The van der Waals surface area contributed by atoms with Crippen LogP contribution in [0.15, 0.2) is 22.7 Å². The van der Waals surface area contributed by atoms with Crippen LogP contribution in [0.2, 0.25) is 5.02 Å². The van der Waals surface area contributed by atoms with Crippen molar-refractivity contribution in [3.05, 3.63) is 28.9 Å². The number of nitrogens with zero attached hydrogens (tertiary/aromatic N) is 2. The van der Waals surface area contributed by atoms with Crippen molar-refractivity contribution in [1.82, 2.24) is 15.4 Å². The van der Waals surface area contributed by atoms with E-state index >= 15 is 0 Å². The third-order valence-corrected chi connectivity index (χ3v) is 7.61. The summed E-state index contributed by atoms with van der Waals surface area (Å²) in [5, 5.41) is 9.35. The molecule has 2 aromatic rings. The van der Waals surface area contributed by atoms with Crippen LogP contribution in [0.5, 0.6) is 0 Å². The van der Waals surface area contributed by atoms with Gasteiger partial charge in [-0.2, -0.15) is 0 Å². The average Bonchev–Trinajstić information content (AvgIpc) is 3.21. The summed E-state index contributed by atoms with van der Waals surface area (Å²) in [5.41, 5.74) is 1.88. The molecule has 32 heavy (non-hydrogen) atoms. The fourth-order valence-electron chi connectivity index (χ4n) is 5.25. The van der Waals surface area contributed by atoms with Crippen molar-refractivity contribution in [3.8, 4) is 0 Å². The standard InChI is InChI=1S/C25H36ClN3O3/c1-17(31-2)15-24(30)27-21-6-3-18(4-7-21)9-12-29-13-10-19(11-14-29)25-22-8-5-20(26)16-23(22)32-28-25/h5,8,16-19,21H,3-4,6-7,9-15H2,1-2H3,(H,27,30). The van der Waals surface area contributed by atoms with Gasteiger partial charge in [-0.15, -0.1) is 0 Å². The van der Waals surface area contributed by atoms with E-state index in [1.807, 2.05) is 25.1 Å². The number of benzene rings is 1. The van der Waals surface area contributed by atoms with Crippen molar-refractivity contribution < 1.29 is 14.1 Å². The molecule has 2 aliphatic rings. The molecule has 0 bridgehead atoms. The molecule has 6 nitrogen and oxygen atoms in total. The molecule has 2 heterocycles. The van der Waals surface area contributed by atoms with Gasteiger partial charge in [0, 0.05) is 35.5 Å². The van der Waals surface area contributed by atoms with Crippen molar-refractivity contribution >= 4 is 28.5 Å². The molecule has 0 radical (unpaired) electrons. The molecule has 1 aromatic carbocycles. The Morgan fingerprint density at radius 1 is 1.25 bits per heavy atom. The molecule has 1 amide bonds. The van der Waals surface area contributed by atoms with Crippen LogP contribution in [-0.4, -0.2) is 54.9 Å². The van der Waals surface area contributed by atoms with Gasteiger partial charge < -0.3 is 19.5 Å². The number of carbonyl (C=O) groups is 1. The number of hydrogen-bond donors (Lipinski definition) is 1. The molecule has 2 fully saturated rings. The van der Waals surface area contributed by atoms with Gasteiger partial charge in [0.2, 0.25) is 5.91 Å². The van der Waals surface area contributed by atoms with Crippen molar-refractivity contribution in [2.75, 3.05) is 26.7 Å². The Morgan fingerprint density at radius 3 is 2.72 bits per heavy atom. The molecule has 1 N–H and O–H groups in total. The largest absolute Gasteiger partial charge is 0.381 e. The van der Waals surface area contributed by atoms with E-state index in [2.05, 4.69) is 15.4 Å². The molecule has 176 valence electrons. The molecule has 1 unspecified atom stereocenters. The van der Waals surface area contributed by atoms with Crippen LogP contribution in [0.1, 0.15) is 69.9 Å². The second-order valence-electron chi connectivity index (χ2n) is 9.65. The number of likely N-dealkylation sites (tertiary alicyclic amines) is 1. The topological polar surface area (TPSA) is 67.6 Å². The monoisotopic (exact) mass is 461 g/mol. The van der Waals surface area contributed by atoms with Gasteiger partial charge in [-0.25, -0.2) is 0 Å². The number of halogens is 1. The average molecular weight is 462 g/mol. The van der Waals surface area contributed by atoms with Crippen molar-refractivity contribution in [3.63, 3.8) is 0 Å². The van der Waals surface area contributed by atoms with Gasteiger partial charge >= 0.3 is 0 Å². The zero-order valence-electron chi connectivity index (χ0n) is 19.3. The molecular formula is C25H36ClN3O3. The van der Waals surface area contributed by atoms with E-state index in [0.29, 0.717) is 23.4 Å². The number of fused-ring (bicyclic) bond motifs is 1. The Labute approximate surface area is 196 Å². The first-order valence-corrected chi connectivity index (χ1v) is 12.5. The Morgan fingerprint density at radius 2 is 2.00 bits per heavy atom. The maximum Gasteiger partial charge on any atom is 0.222 e. The number of nitrogens with one attached hydrogen (secondary N) is 1. The highest BCUT2D eigenvalue weighted by atomic mass is 35.5. The predicted molar refractivity (Wildman–Crippen MR) is 127 cm³/mol. The van der Waals surface area contributed by atoms with Gasteiger partial charge in [0.15, 0.2) is 5.58 Å². The van der Waals surface area contributed by atoms with Gasteiger partial charge in [0.25, 0.3) is 0 Å². The minimum atomic E-state index is -0.0167. The quantitative estimate of drug-likeness (QED) is 0.588. The Hall–Kier alpha value is -1.63. The normalized spacial score (nSPS) is 24.0. The first-order valence-electron chi connectivity index (χ1n) is 12.1. The summed E-state index contributed by atoms with van der Waals surface area (Å²) in [5.74, 6) is 1.37. The summed E-state index contributed by atoms with van der Waals surface area (Å²) < 4.78 is 10.7. The summed E-state index contributed by atoms with van der Waals surface area (Å²) in [7, 11) is 1.65. The lowest BCUT2D eigenvalue weighted by atomic mass is 9.83. The maximum absolute atomic E-state index is 12.1. The molecule has 1 aliphatic carbocycles. The van der Waals surface area contributed by atoms with E-state index in [0.717, 1.165) is 61.4 Å². The van der Waals surface area contributed by atoms with Crippen LogP contribution in [0.4, 0.5) is 0 Å². The van der Waals surface area contributed by atoms with Gasteiger partial charge in [0.05, 0.1) is 18.2 Å². The third-order valence-electron chi connectivity index (χ3n) is 7.38. The summed E-state index contributed by atoms with van der Waals surface area (Å²) >= 11 is 6.07. The van der Waals surface area contributed by atoms with E-state index < -0.39 is 0 Å². The molecular weight excluding hydrogens is 426 g/mol. The highest BCUT2D eigenvalue weighted by Crippen LogP contribution is 2.34. The fraction of sp³-hybridized carbons (Fsp3) is 0.680. The summed E-state index contributed by atoms with van der Waals surface area (Å²) in [6, 6.07) is 6.14. The van der Waals surface area contributed by atoms with Crippen LogP contribution in [0, 0.1) is 5.92 Å². The van der Waals surface area contributed by atoms with Crippen LogP contribution >= 0.6 is 11.6 Å². The highest BCUT2D eigenvalue weighted by molar-refractivity contribution is 6.31. The minimum absolute atomic E-state index is 0.0167. The Kier molecular flexibility index (Phi) is 8.08. The lowest BCUT2D eigenvalue weighted by Gasteiger charge is -2.34. The van der Waals surface area contributed by atoms with Gasteiger partial charge in [0.1, 0.15) is 0 Å². The van der Waals surface area contributed by atoms with Crippen LogP contribution in [-0.2, 0) is 9.53 Å². The number of rotatable bonds is 8. The molecule has 1 saturated heterocycles. The molecule has 0 spiro atoms. The highest BCUT2D eigenvalue weighted by Gasteiger charge is 2.27. The zero-order chi connectivity index (χ0) is 22.5. The van der Waals surface area contributed by atoms with E-state index in [9.17, 15) is 4.79 Å². The smallest absolute Gasteiger partial charge is 0.222 e. The molecule has 4 rings (SSSR count). The second kappa shape index (κ2) is 11.0. The first kappa shape index (κ1) is 23.5. The van der Waals surface area contributed by atoms with Crippen molar-refractivity contribution in [1.29, 1.82) is 0 Å². The molecule has 1 saturated carbocycles. The third kappa shape index (κ3) is 6.03. The van der Waals surface area contributed by atoms with E-state index in [4.69, 9.17) is 20.9 Å². The minimum Gasteiger partial charge on any atom is -0.381 e. The molecule has 7 heteroatoms. The number of ether oxygens (including phenoxy) is 1. The van der Waals surface area contributed by atoms with E-state index in [1.165, 1.54) is 25.8 Å². The number of methoxy groups -OCH3 is 1. The fourth-order valence-corrected chi connectivity index (χ4v) is 5.41. The Balaban J connectivity index is 1.16. The van der Waals surface area contributed by atoms with E-state index in [-0.39, 0.29) is 12.0 Å². The maximum atomic E-state index is 12.1. The van der Waals surface area contributed by atoms with Crippen molar-refractivity contribution in [2.45, 2.75) is 76.4 Å². The summed E-state index contributed by atoms with van der Waals surface area (Å²) in [6.45, 7) is 5.35. The number of piperidine rings is 1. The predicted octanol–water partition coefficient (Wildman–Crippen LogP) is 5.15. The number of hydrogen-bond acceptors (Lipinski definition) is 5. The summed E-state index contributed by atoms with van der Waals surface area (Å²) in [4.78, 5) is 14.7. The SMILES string of the molecule is COC(C)CC(=O)NC1CCC(CCN2CCC(c3noc4cc(Cl)ccc34)CC2)CC1. The van der Waals surface area contributed by atoms with Gasteiger partial charge in [-0.05, 0) is 89.6 Å². The molecule has 1 aromatic heterocycles. The van der Waals surface area contributed by atoms with Crippen LogP contribution in [0.25, 0.3) is 11.0 Å². The second-order valence-corrected chi connectivity index (χ2v) is 10.1. The molecule has 1 aliphatic heterocycles. The number of amides is 1. The first-order chi connectivity index (χ1) is 15.5. The van der Waals surface area contributed by atoms with Crippen LogP contribution < -0.4 is 5.32 Å². The lowest BCUT2D eigenvalue weighted by Crippen LogP contribution is -2.39. The van der Waals surface area contributed by atoms with E-state index in [1.54, 1.807) is 7.11 Å². The summed E-state index contributed by atoms with van der Waals surface area (Å²) in [6.07, 6.45) is 8.58. The zero-order valence-corrected chi connectivity index (χ0v) is 20.1. The van der Waals surface area contributed by atoms with Crippen molar-refractivity contribution in [2.24, 2.45) is 5.92 Å². The van der Waals surface area contributed by atoms with Crippen LogP contribution in [0.3, 0.4) is 0 Å². The molecule has 1 atom stereocenters.